The Balaban J connectivity index is 1.56. The third-order valence-corrected chi connectivity index (χ3v) is 7.98. The molecule has 4 nitrogen and oxygen atoms in total. The maximum Gasteiger partial charge on any atom is 0.252 e. The Hall–Kier alpha value is 0.0500. The van der Waals surface area contributed by atoms with Crippen molar-refractivity contribution in [3.05, 3.63) is 15.9 Å². The number of nitrogens with zero attached hydrogens (tertiary/aromatic N) is 1. The molecular weight excluding hydrogens is 360 g/mol. The molecule has 112 valence electrons. The van der Waals surface area contributed by atoms with Crippen molar-refractivity contribution in [3.8, 4) is 0 Å². The fraction of sp³-hybridized carbons (Fsp3) is 0.692. The van der Waals surface area contributed by atoms with E-state index in [-0.39, 0.29) is 0 Å². The molecule has 1 saturated carbocycles. The summed E-state index contributed by atoms with van der Waals surface area (Å²) in [6.45, 7) is 2.34. The number of piperidine rings is 1. The molecule has 0 radical (unpaired) electrons. The van der Waals surface area contributed by atoms with Gasteiger partial charge in [0, 0.05) is 19.1 Å². The third-order valence-electron chi connectivity index (χ3n) is 3.99. The molecule has 1 N–H and O–H groups in total. The third kappa shape index (κ3) is 3.44. The van der Waals surface area contributed by atoms with Crippen molar-refractivity contribution in [3.63, 3.8) is 0 Å². The van der Waals surface area contributed by atoms with E-state index in [2.05, 4.69) is 21.2 Å². The van der Waals surface area contributed by atoms with Crippen LogP contribution in [0.25, 0.3) is 0 Å². The van der Waals surface area contributed by atoms with Crippen molar-refractivity contribution in [2.45, 2.75) is 35.9 Å². The number of nitrogens with one attached hydrogen (secondary N) is 1. The Kier molecular flexibility index (Phi) is 4.52. The molecule has 0 aromatic carbocycles. The van der Waals surface area contributed by atoms with Gasteiger partial charge in [-0.3, -0.25) is 0 Å². The Morgan fingerprint density at radius 1 is 1.25 bits per heavy atom. The van der Waals surface area contributed by atoms with Gasteiger partial charge in [0.25, 0.3) is 10.0 Å². The van der Waals surface area contributed by atoms with Gasteiger partial charge in [0.1, 0.15) is 4.21 Å². The summed E-state index contributed by atoms with van der Waals surface area (Å²) >= 11 is 4.61. The first-order chi connectivity index (χ1) is 9.55. The van der Waals surface area contributed by atoms with Crippen molar-refractivity contribution >= 4 is 37.3 Å². The average Bonchev–Trinajstić information content (AvgIpc) is 3.17. The number of sulfonamides is 1. The zero-order valence-corrected chi connectivity index (χ0v) is 14.4. The molecule has 0 bridgehead atoms. The van der Waals surface area contributed by atoms with Gasteiger partial charge in [0.2, 0.25) is 0 Å². The monoisotopic (exact) mass is 378 g/mol. The molecular formula is C13H19BrN2O2S2. The first-order valence-electron chi connectivity index (χ1n) is 7.04. The van der Waals surface area contributed by atoms with E-state index >= 15 is 0 Å². The summed E-state index contributed by atoms with van der Waals surface area (Å²) in [6.07, 6.45) is 4.54. The van der Waals surface area contributed by atoms with E-state index in [1.165, 1.54) is 24.2 Å². The van der Waals surface area contributed by atoms with Gasteiger partial charge >= 0.3 is 0 Å². The van der Waals surface area contributed by atoms with Crippen LogP contribution in [0.5, 0.6) is 0 Å². The maximum absolute atomic E-state index is 12.5. The molecule has 7 heteroatoms. The van der Waals surface area contributed by atoms with Crippen LogP contribution in [0.1, 0.15) is 25.7 Å². The van der Waals surface area contributed by atoms with E-state index in [4.69, 9.17) is 0 Å². The minimum absolute atomic E-state index is 0.443. The van der Waals surface area contributed by atoms with Crippen molar-refractivity contribution in [2.24, 2.45) is 5.92 Å². The molecule has 1 aromatic heterocycles. The lowest BCUT2D eigenvalue weighted by Gasteiger charge is -2.31. The predicted molar refractivity (Wildman–Crippen MR) is 84.5 cm³/mol. The molecule has 2 fully saturated rings. The Labute approximate surface area is 132 Å². The summed E-state index contributed by atoms with van der Waals surface area (Å²) in [5.41, 5.74) is 0. The van der Waals surface area contributed by atoms with Crippen LogP contribution in [0.4, 0.5) is 0 Å². The molecule has 3 rings (SSSR count). The highest BCUT2D eigenvalue weighted by Crippen LogP contribution is 2.30. The van der Waals surface area contributed by atoms with Gasteiger partial charge in [-0.1, -0.05) is 0 Å². The van der Waals surface area contributed by atoms with E-state index < -0.39 is 10.0 Å². The molecule has 20 heavy (non-hydrogen) atoms. The summed E-state index contributed by atoms with van der Waals surface area (Å²) in [4.78, 5) is 0. The fourth-order valence-electron chi connectivity index (χ4n) is 2.54. The minimum atomic E-state index is -3.28. The molecule has 1 aromatic rings. The quantitative estimate of drug-likeness (QED) is 0.856. The lowest BCUT2D eigenvalue weighted by Crippen LogP contribution is -2.40. The van der Waals surface area contributed by atoms with Crippen LogP contribution in [0.3, 0.4) is 0 Å². The summed E-state index contributed by atoms with van der Waals surface area (Å²) in [6, 6.07) is 4.22. The second-order valence-electron chi connectivity index (χ2n) is 5.59. The first-order valence-corrected chi connectivity index (χ1v) is 10.1. The zero-order valence-electron chi connectivity index (χ0n) is 11.2. The van der Waals surface area contributed by atoms with E-state index in [1.807, 2.05) is 0 Å². The lowest BCUT2D eigenvalue weighted by atomic mass is 9.98. The molecule has 1 saturated heterocycles. The highest BCUT2D eigenvalue weighted by molar-refractivity contribution is 9.11. The van der Waals surface area contributed by atoms with Crippen LogP contribution < -0.4 is 5.32 Å². The van der Waals surface area contributed by atoms with Gasteiger partial charge in [0.05, 0.1) is 3.79 Å². The van der Waals surface area contributed by atoms with Gasteiger partial charge in [-0.25, -0.2) is 8.42 Å². The van der Waals surface area contributed by atoms with Crippen molar-refractivity contribution in [1.82, 2.24) is 9.62 Å². The largest absolute Gasteiger partial charge is 0.314 e. The summed E-state index contributed by atoms with van der Waals surface area (Å²) < 4.78 is 27.9. The first kappa shape index (κ1) is 15.0. The molecule has 2 heterocycles. The van der Waals surface area contributed by atoms with Crippen LogP contribution in [0, 0.1) is 5.92 Å². The average molecular weight is 379 g/mol. The molecule has 2 aliphatic rings. The molecule has 1 aliphatic carbocycles. The van der Waals surface area contributed by atoms with Crippen molar-refractivity contribution in [2.75, 3.05) is 19.6 Å². The maximum atomic E-state index is 12.5. The molecule has 0 unspecified atom stereocenters. The lowest BCUT2D eigenvalue weighted by molar-refractivity contribution is 0.267. The van der Waals surface area contributed by atoms with Crippen LogP contribution >= 0.6 is 27.3 Å². The summed E-state index contributed by atoms with van der Waals surface area (Å²) in [5.74, 6) is 0.622. The zero-order chi connectivity index (χ0) is 14.2. The van der Waals surface area contributed by atoms with E-state index in [0.717, 1.165) is 29.2 Å². The Morgan fingerprint density at radius 2 is 1.95 bits per heavy atom. The Bertz CT molecular complexity index is 561. The van der Waals surface area contributed by atoms with Crippen LogP contribution in [-0.2, 0) is 10.0 Å². The molecule has 1 aliphatic heterocycles. The number of rotatable bonds is 5. The number of hydrogen-bond acceptors (Lipinski definition) is 4. The van der Waals surface area contributed by atoms with Gasteiger partial charge in [-0.05, 0) is 66.2 Å². The molecule has 0 atom stereocenters. The van der Waals surface area contributed by atoms with Gasteiger partial charge in [0.15, 0.2) is 0 Å². The van der Waals surface area contributed by atoms with E-state index in [9.17, 15) is 8.42 Å². The normalized spacial score (nSPS) is 22.2. The number of thiophene rings is 1. The standard InChI is InChI=1S/C13H19BrN2O2S2/c14-12-3-4-13(19-12)20(17,18)16-7-5-10(6-8-16)9-15-11-1-2-11/h3-4,10-11,15H,1-2,5-9H2. The smallest absolute Gasteiger partial charge is 0.252 e. The highest BCUT2D eigenvalue weighted by atomic mass is 79.9. The summed E-state index contributed by atoms with van der Waals surface area (Å²) in [7, 11) is -3.28. The van der Waals surface area contributed by atoms with E-state index in [1.54, 1.807) is 16.4 Å². The van der Waals surface area contributed by atoms with Crippen molar-refractivity contribution in [1.29, 1.82) is 0 Å². The molecule has 0 spiro atoms. The molecule has 0 amide bonds. The Morgan fingerprint density at radius 3 is 2.50 bits per heavy atom. The number of halogens is 1. The van der Waals surface area contributed by atoms with Gasteiger partial charge in [-0.15, -0.1) is 11.3 Å². The fourth-order valence-corrected chi connectivity index (χ4v) is 6.17. The van der Waals surface area contributed by atoms with Crippen LogP contribution in [0.15, 0.2) is 20.1 Å². The van der Waals surface area contributed by atoms with Gasteiger partial charge < -0.3 is 5.32 Å². The SMILES string of the molecule is O=S(=O)(c1ccc(Br)s1)N1CCC(CNC2CC2)CC1. The topological polar surface area (TPSA) is 49.4 Å². The van der Waals surface area contributed by atoms with Crippen LogP contribution in [-0.4, -0.2) is 38.4 Å². The minimum Gasteiger partial charge on any atom is -0.314 e. The van der Waals surface area contributed by atoms with Gasteiger partial charge in [-0.2, -0.15) is 4.31 Å². The summed E-state index contributed by atoms with van der Waals surface area (Å²) in [5, 5.41) is 3.54. The van der Waals surface area contributed by atoms with Crippen molar-refractivity contribution < 1.29 is 8.42 Å². The van der Waals surface area contributed by atoms with Crippen LogP contribution in [0.2, 0.25) is 0 Å². The second-order valence-corrected chi connectivity index (χ2v) is 10.2. The second kappa shape index (κ2) is 6.04. The van der Waals surface area contributed by atoms with E-state index in [0.29, 0.717) is 23.2 Å². The highest BCUT2D eigenvalue weighted by Gasteiger charge is 2.31. The predicted octanol–water partition coefficient (Wildman–Crippen LogP) is 2.66. The number of hydrogen-bond donors (Lipinski definition) is 1.